The minimum atomic E-state index is 0.194. The molecule has 0 heterocycles. The molecule has 20 heavy (non-hydrogen) atoms. The lowest BCUT2D eigenvalue weighted by molar-refractivity contribution is -0.121. The van der Waals surface area contributed by atoms with Gasteiger partial charge in [0.2, 0.25) is 5.91 Å². The SMILES string of the molecule is CCCC(CCO)CNC(=O)CCCC1CCCCC1. The van der Waals surface area contributed by atoms with E-state index in [1.54, 1.807) is 0 Å². The van der Waals surface area contributed by atoms with Crippen molar-refractivity contribution in [1.82, 2.24) is 5.32 Å². The molecule has 0 spiro atoms. The standard InChI is InChI=1S/C17H33NO2/c1-2-7-16(12-13-19)14-18-17(20)11-6-10-15-8-4-3-5-9-15/h15-16,19H,2-14H2,1H3,(H,18,20). The van der Waals surface area contributed by atoms with Crippen LogP contribution in [-0.4, -0.2) is 24.2 Å². The van der Waals surface area contributed by atoms with E-state index < -0.39 is 0 Å². The van der Waals surface area contributed by atoms with Crippen LogP contribution in [0.5, 0.6) is 0 Å². The Labute approximate surface area is 124 Å². The Morgan fingerprint density at radius 3 is 2.65 bits per heavy atom. The summed E-state index contributed by atoms with van der Waals surface area (Å²) in [5.41, 5.74) is 0. The molecule has 0 bridgehead atoms. The first-order chi connectivity index (χ1) is 9.76. The Kier molecular flexibility index (Phi) is 9.73. The second kappa shape index (κ2) is 11.1. The predicted molar refractivity (Wildman–Crippen MR) is 83.5 cm³/mol. The van der Waals surface area contributed by atoms with Crippen LogP contribution in [-0.2, 0) is 4.79 Å². The van der Waals surface area contributed by atoms with Crippen LogP contribution < -0.4 is 5.32 Å². The Morgan fingerprint density at radius 2 is 2.00 bits per heavy atom. The molecular weight excluding hydrogens is 250 g/mol. The molecule has 1 atom stereocenters. The van der Waals surface area contributed by atoms with Crippen molar-refractivity contribution in [3.05, 3.63) is 0 Å². The number of carbonyl (C=O) groups is 1. The average molecular weight is 283 g/mol. The van der Waals surface area contributed by atoms with Gasteiger partial charge in [-0.2, -0.15) is 0 Å². The fourth-order valence-electron chi connectivity index (χ4n) is 3.31. The van der Waals surface area contributed by atoms with E-state index in [0.717, 1.165) is 38.1 Å². The van der Waals surface area contributed by atoms with Gasteiger partial charge in [-0.25, -0.2) is 0 Å². The molecule has 2 N–H and O–H groups in total. The molecule has 0 saturated heterocycles. The van der Waals surface area contributed by atoms with Gasteiger partial charge in [0.05, 0.1) is 0 Å². The van der Waals surface area contributed by atoms with Gasteiger partial charge in [0.25, 0.3) is 0 Å². The van der Waals surface area contributed by atoms with Crippen LogP contribution in [0.2, 0.25) is 0 Å². The molecule has 1 saturated carbocycles. The van der Waals surface area contributed by atoms with Crippen molar-refractivity contribution in [2.75, 3.05) is 13.2 Å². The van der Waals surface area contributed by atoms with Crippen LogP contribution >= 0.6 is 0 Å². The van der Waals surface area contributed by atoms with Crippen LogP contribution in [0.25, 0.3) is 0 Å². The van der Waals surface area contributed by atoms with Crippen molar-refractivity contribution in [2.24, 2.45) is 11.8 Å². The van der Waals surface area contributed by atoms with Gasteiger partial charge in [0.15, 0.2) is 0 Å². The molecule has 0 radical (unpaired) electrons. The van der Waals surface area contributed by atoms with E-state index in [1.807, 2.05) is 0 Å². The van der Waals surface area contributed by atoms with Gasteiger partial charge in [0.1, 0.15) is 0 Å². The van der Waals surface area contributed by atoms with E-state index in [1.165, 1.54) is 38.5 Å². The zero-order valence-electron chi connectivity index (χ0n) is 13.2. The highest BCUT2D eigenvalue weighted by molar-refractivity contribution is 5.75. The maximum atomic E-state index is 11.8. The predicted octanol–water partition coefficient (Wildman–Crippen LogP) is 3.65. The summed E-state index contributed by atoms with van der Waals surface area (Å²) in [6.07, 6.45) is 12.9. The van der Waals surface area contributed by atoms with Crippen LogP contribution in [0, 0.1) is 11.8 Å². The average Bonchev–Trinajstić information content (AvgIpc) is 2.46. The van der Waals surface area contributed by atoms with Gasteiger partial charge in [-0.05, 0) is 37.5 Å². The quantitative estimate of drug-likeness (QED) is 0.643. The molecule has 0 aromatic heterocycles. The summed E-state index contributed by atoms with van der Waals surface area (Å²) in [6, 6.07) is 0. The molecule has 3 nitrogen and oxygen atoms in total. The molecule has 1 unspecified atom stereocenters. The van der Waals surface area contributed by atoms with E-state index >= 15 is 0 Å². The van der Waals surface area contributed by atoms with Gasteiger partial charge in [-0.1, -0.05) is 45.4 Å². The summed E-state index contributed by atoms with van der Waals surface area (Å²) in [7, 11) is 0. The second-order valence-electron chi connectivity index (χ2n) is 6.37. The molecule has 0 aliphatic heterocycles. The normalized spacial score (nSPS) is 17.9. The van der Waals surface area contributed by atoms with Crippen LogP contribution in [0.15, 0.2) is 0 Å². The highest BCUT2D eigenvalue weighted by atomic mass is 16.3. The lowest BCUT2D eigenvalue weighted by atomic mass is 9.86. The van der Waals surface area contributed by atoms with E-state index in [0.29, 0.717) is 12.3 Å². The molecule has 0 aromatic carbocycles. The first kappa shape index (κ1) is 17.5. The molecule has 3 heteroatoms. The highest BCUT2D eigenvalue weighted by Gasteiger charge is 2.14. The molecule has 1 aliphatic carbocycles. The Hall–Kier alpha value is -0.570. The van der Waals surface area contributed by atoms with Crippen molar-refractivity contribution >= 4 is 5.91 Å². The molecule has 118 valence electrons. The maximum Gasteiger partial charge on any atom is 0.220 e. The van der Waals surface area contributed by atoms with E-state index in [4.69, 9.17) is 5.11 Å². The fraction of sp³-hybridized carbons (Fsp3) is 0.941. The minimum absolute atomic E-state index is 0.194. The molecular formula is C17H33NO2. The number of hydrogen-bond acceptors (Lipinski definition) is 2. The van der Waals surface area contributed by atoms with Crippen molar-refractivity contribution in [3.8, 4) is 0 Å². The third-order valence-electron chi connectivity index (χ3n) is 4.56. The second-order valence-corrected chi connectivity index (χ2v) is 6.37. The third-order valence-corrected chi connectivity index (χ3v) is 4.56. The van der Waals surface area contributed by atoms with Crippen LogP contribution in [0.3, 0.4) is 0 Å². The lowest BCUT2D eigenvalue weighted by Crippen LogP contribution is -2.29. The number of aliphatic hydroxyl groups is 1. The van der Waals surface area contributed by atoms with E-state index in [2.05, 4.69) is 12.2 Å². The number of nitrogens with one attached hydrogen (secondary N) is 1. The summed E-state index contributed by atoms with van der Waals surface area (Å²) in [4.78, 5) is 11.8. The fourth-order valence-corrected chi connectivity index (χ4v) is 3.31. The van der Waals surface area contributed by atoms with Crippen LogP contribution in [0.1, 0.15) is 77.6 Å². The van der Waals surface area contributed by atoms with E-state index in [9.17, 15) is 4.79 Å². The van der Waals surface area contributed by atoms with Crippen LogP contribution in [0.4, 0.5) is 0 Å². The Bertz CT molecular complexity index is 243. The zero-order valence-corrected chi connectivity index (χ0v) is 13.2. The largest absolute Gasteiger partial charge is 0.396 e. The maximum absolute atomic E-state index is 11.8. The molecule has 1 aliphatic rings. The van der Waals surface area contributed by atoms with Crippen molar-refractivity contribution in [2.45, 2.75) is 77.6 Å². The van der Waals surface area contributed by atoms with Gasteiger partial charge in [0, 0.05) is 19.6 Å². The number of hydrogen-bond donors (Lipinski definition) is 2. The summed E-state index contributed by atoms with van der Waals surface area (Å²) in [6.45, 7) is 3.11. The molecule has 0 aromatic rings. The van der Waals surface area contributed by atoms with E-state index in [-0.39, 0.29) is 12.5 Å². The Balaban J connectivity index is 2.06. The van der Waals surface area contributed by atoms with Gasteiger partial charge in [-0.15, -0.1) is 0 Å². The smallest absolute Gasteiger partial charge is 0.220 e. The van der Waals surface area contributed by atoms with Crippen molar-refractivity contribution in [1.29, 1.82) is 0 Å². The first-order valence-corrected chi connectivity index (χ1v) is 8.63. The zero-order chi connectivity index (χ0) is 14.6. The van der Waals surface area contributed by atoms with Crippen molar-refractivity contribution in [3.63, 3.8) is 0 Å². The minimum Gasteiger partial charge on any atom is -0.396 e. The summed E-state index contributed by atoms with van der Waals surface area (Å²) in [5.74, 6) is 1.51. The Morgan fingerprint density at radius 1 is 1.25 bits per heavy atom. The van der Waals surface area contributed by atoms with Crippen molar-refractivity contribution < 1.29 is 9.90 Å². The highest BCUT2D eigenvalue weighted by Crippen LogP contribution is 2.27. The topological polar surface area (TPSA) is 49.3 Å². The van der Waals surface area contributed by atoms with Gasteiger partial charge < -0.3 is 10.4 Å². The monoisotopic (exact) mass is 283 g/mol. The van der Waals surface area contributed by atoms with Gasteiger partial charge in [-0.3, -0.25) is 4.79 Å². The third kappa shape index (κ3) is 7.88. The number of rotatable bonds is 10. The lowest BCUT2D eigenvalue weighted by Gasteiger charge is -2.21. The number of amides is 1. The number of aliphatic hydroxyl groups excluding tert-OH is 1. The molecule has 1 fully saturated rings. The summed E-state index contributed by atoms with van der Waals surface area (Å²) in [5, 5.41) is 12.0. The number of carbonyl (C=O) groups excluding carboxylic acids is 1. The summed E-state index contributed by atoms with van der Waals surface area (Å²) < 4.78 is 0. The van der Waals surface area contributed by atoms with Gasteiger partial charge >= 0.3 is 0 Å². The molecule has 1 rings (SSSR count). The molecule has 1 amide bonds. The first-order valence-electron chi connectivity index (χ1n) is 8.63. The summed E-state index contributed by atoms with van der Waals surface area (Å²) >= 11 is 0.